The normalized spacial score (nSPS) is 11.5. The smallest absolute Gasteiger partial charge is 0.121 e. The average Bonchev–Trinajstić information content (AvgIpc) is 3.13. The van der Waals surface area contributed by atoms with Gasteiger partial charge in [-0.1, -0.05) is 79.2 Å². The lowest BCUT2D eigenvalue weighted by Crippen LogP contribution is -2.28. The third-order valence-electron chi connectivity index (χ3n) is 5.20. The number of thiazole rings is 1. The molecule has 4 aromatic rings. The molecule has 0 aliphatic carbocycles. The molecule has 0 unspecified atom stereocenters. The second-order valence-electron chi connectivity index (χ2n) is 6.82. The Morgan fingerprint density at radius 1 is 0.893 bits per heavy atom. The van der Waals surface area contributed by atoms with Crippen LogP contribution in [0.5, 0.6) is 0 Å². The summed E-state index contributed by atoms with van der Waals surface area (Å²) in [6, 6.07) is 25.2. The molecule has 28 heavy (non-hydrogen) atoms. The predicted octanol–water partition coefficient (Wildman–Crippen LogP) is 6.91. The molecule has 4 rings (SSSR count). The Kier molecular flexibility index (Phi) is 5.29. The van der Waals surface area contributed by atoms with Gasteiger partial charge in [-0.15, -0.1) is 11.3 Å². The van der Waals surface area contributed by atoms with Crippen molar-refractivity contribution >= 4 is 22.9 Å². The topological polar surface area (TPSA) is 25.8 Å². The van der Waals surface area contributed by atoms with Gasteiger partial charge in [0.05, 0.1) is 5.41 Å². The van der Waals surface area contributed by atoms with Crippen LogP contribution in [0.2, 0.25) is 4.34 Å². The van der Waals surface area contributed by atoms with Crippen molar-refractivity contribution in [1.82, 2.24) is 9.97 Å². The lowest BCUT2D eigenvalue weighted by molar-refractivity contribution is 0.590. The highest BCUT2D eigenvalue weighted by Crippen LogP contribution is 2.46. The molecule has 2 heterocycles. The molecular weight excluding hydrogens is 384 g/mol. The van der Waals surface area contributed by atoms with E-state index < -0.39 is 0 Å². The molecule has 0 amide bonds. The van der Waals surface area contributed by atoms with E-state index in [0.717, 1.165) is 28.4 Å². The quantitative estimate of drug-likeness (QED) is 0.361. The van der Waals surface area contributed by atoms with Gasteiger partial charge in [-0.2, -0.15) is 0 Å². The fraction of sp³-hybridized carbons (Fsp3) is 0.167. The summed E-state index contributed by atoms with van der Waals surface area (Å²) in [4.78, 5) is 9.46. The second-order valence-corrected chi connectivity index (χ2v) is 8.42. The van der Waals surface area contributed by atoms with E-state index in [1.54, 1.807) is 11.3 Å². The number of hydrogen-bond acceptors (Lipinski definition) is 3. The van der Waals surface area contributed by atoms with Crippen LogP contribution in [0.4, 0.5) is 0 Å². The Morgan fingerprint density at radius 3 is 2.00 bits per heavy atom. The Bertz CT molecular complexity index is 1020. The first kappa shape index (κ1) is 18.9. The third-order valence-corrected chi connectivity index (χ3v) is 6.62. The fourth-order valence-corrected chi connectivity index (χ4v) is 5.18. The fourth-order valence-electron chi connectivity index (χ4n) is 3.69. The number of halogens is 1. The van der Waals surface area contributed by atoms with E-state index >= 15 is 0 Å². The highest BCUT2D eigenvalue weighted by molar-refractivity contribution is 7.16. The van der Waals surface area contributed by atoms with Crippen LogP contribution < -0.4 is 0 Å². The second kappa shape index (κ2) is 7.86. The highest BCUT2D eigenvalue weighted by Gasteiger charge is 2.38. The molecule has 4 heteroatoms. The minimum absolute atomic E-state index is 0.340. The van der Waals surface area contributed by atoms with Crippen LogP contribution in [-0.4, -0.2) is 9.97 Å². The molecular formula is C24H21ClN2S. The summed E-state index contributed by atoms with van der Waals surface area (Å²) < 4.78 is 0.699. The molecule has 0 N–H and O–H groups in total. The first-order chi connectivity index (χ1) is 13.6. The zero-order chi connectivity index (χ0) is 19.6. The van der Waals surface area contributed by atoms with Crippen LogP contribution in [0, 0.1) is 6.92 Å². The standard InChI is InChI=1S/C24H21ClN2S/c1-3-24(19-10-6-4-7-11-19,20-12-8-5-9-13-20)23-27-21(22(25)28-23)18-15-14-17(2)26-16-18/h4-16H,3H2,1-2H3. The van der Waals surface area contributed by atoms with Gasteiger partial charge in [0.25, 0.3) is 0 Å². The van der Waals surface area contributed by atoms with Crippen LogP contribution in [0.25, 0.3) is 11.3 Å². The molecule has 2 aromatic heterocycles. The van der Waals surface area contributed by atoms with Gasteiger partial charge in [-0.3, -0.25) is 4.98 Å². The van der Waals surface area contributed by atoms with Crippen molar-refractivity contribution in [2.75, 3.05) is 0 Å². The van der Waals surface area contributed by atoms with Gasteiger partial charge in [0, 0.05) is 17.5 Å². The van der Waals surface area contributed by atoms with Crippen LogP contribution in [-0.2, 0) is 5.41 Å². The van der Waals surface area contributed by atoms with Gasteiger partial charge in [-0.25, -0.2) is 4.98 Å². The molecule has 0 aliphatic rings. The number of hydrogen-bond donors (Lipinski definition) is 0. The van der Waals surface area contributed by atoms with Gasteiger partial charge in [-0.05, 0) is 36.6 Å². The van der Waals surface area contributed by atoms with Crippen molar-refractivity contribution in [3.63, 3.8) is 0 Å². The summed E-state index contributed by atoms with van der Waals surface area (Å²) in [6.07, 6.45) is 2.73. The molecule has 0 fully saturated rings. The first-order valence-corrected chi connectivity index (χ1v) is 10.6. The zero-order valence-corrected chi connectivity index (χ0v) is 17.5. The maximum absolute atomic E-state index is 6.69. The maximum Gasteiger partial charge on any atom is 0.121 e. The van der Waals surface area contributed by atoms with Gasteiger partial charge in [0.1, 0.15) is 15.0 Å². The Morgan fingerprint density at radius 2 is 1.50 bits per heavy atom. The molecule has 0 saturated carbocycles. The van der Waals surface area contributed by atoms with Crippen molar-refractivity contribution in [2.45, 2.75) is 25.7 Å². The van der Waals surface area contributed by atoms with Crippen molar-refractivity contribution < 1.29 is 0 Å². The lowest BCUT2D eigenvalue weighted by atomic mass is 9.73. The van der Waals surface area contributed by atoms with E-state index in [1.807, 2.05) is 37.4 Å². The van der Waals surface area contributed by atoms with Crippen molar-refractivity contribution in [3.8, 4) is 11.3 Å². The molecule has 0 saturated heterocycles. The average molecular weight is 405 g/mol. The van der Waals surface area contributed by atoms with E-state index in [0.29, 0.717) is 4.34 Å². The van der Waals surface area contributed by atoms with Crippen molar-refractivity contribution in [3.05, 3.63) is 105 Å². The Labute approximate surface area is 174 Å². The van der Waals surface area contributed by atoms with Crippen LogP contribution in [0.15, 0.2) is 79.0 Å². The molecule has 2 nitrogen and oxygen atoms in total. The SMILES string of the molecule is CCC(c1ccccc1)(c1ccccc1)c1nc(-c2ccc(C)nc2)c(Cl)s1. The van der Waals surface area contributed by atoms with Crippen molar-refractivity contribution in [1.29, 1.82) is 0 Å². The number of aryl methyl sites for hydroxylation is 1. The van der Waals surface area contributed by atoms with Crippen molar-refractivity contribution in [2.24, 2.45) is 0 Å². The van der Waals surface area contributed by atoms with Gasteiger partial charge >= 0.3 is 0 Å². The Hall–Kier alpha value is -2.49. The number of nitrogens with zero attached hydrogens (tertiary/aromatic N) is 2. The van der Waals surface area contributed by atoms with Crippen LogP contribution >= 0.6 is 22.9 Å². The largest absolute Gasteiger partial charge is 0.261 e. The molecule has 140 valence electrons. The molecule has 2 aromatic carbocycles. The summed E-state index contributed by atoms with van der Waals surface area (Å²) in [5.74, 6) is 0. The number of pyridine rings is 1. The van der Waals surface area contributed by atoms with E-state index in [4.69, 9.17) is 16.6 Å². The molecule has 0 aliphatic heterocycles. The molecule has 0 spiro atoms. The van der Waals surface area contributed by atoms with Gasteiger partial charge in [0.15, 0.2) is 0 Å². The van der Waals surface area contributed by atoms with Crippen LogP contribution in [0.1, 0.15) is 35.2 Å². The molecule has 0 radical (unpaired) electrons. The number of benzene rings is 2. The third kappa shape index (κ3) is 3.25. The van der Waals surface area contributed by atoms with E-state index in [9.17, 15) is 0 Å². The summed E-state index contributed by atoms with van der Waals surface area (Å²) in [5.41, 5.74) is 4.84. The molecule has 0 atom stereocenters. The molecule has 0 bridgehead atoms. The predicted molar refractivity (Wildman–Crippen MR) is 118 cm³/mol. The van der Waals surface area contributed by atoms with E-state index in [2.05, 4.69) is 60.4 Å². The minimum Gasteiger partial charge on any atom is -0.261 e. The zero-order valence-electron chi connectivity index (χ0n) is 15.9. The number of aromatic nitrogens is 2. The van der Waals surface area contributed by atoms with Gasteiger partial charge < -0.3 is 0 Å². The highest BCUT2D eigenvalue weighted by atomic mass is 35.5. The van der Waals surface area contributed by atoms with E-state index in [1.165, 1.54) is 11.1 Å². The maximum atomic E-state index is 6.69. The summed E-state index contributed by atoms with van der Waals surface area (Å²) in [7, 11) is 0. The first-order valence-electron chi connectivity index (χ1n) is 9.36. The lowest BCUT2D eigenvalue weighted by Gasteiger charge is -2.32. The monoisotopic (exact) mass is 404 g/mol. The summed E-state index contributed by atoms with van der Waals surface area (Å²) >= 11 is 8.25. The van der Waals surface area contributed by atoms with Gasteiger partial charge in [0.2, 0.25) is 0 Å². The van der Waals surface area contributed by atoms with E-state index in [-0.39, 0.29) is 5.41 Å². The summed E-state index contributed by atoms with van der Waals surface area (Å²) in [5, 5.41) is 1.01. The minimum atomic E-state index is -0.340. The summed E-state index contributed by atoms with van der Waals surface area (Å²) in [6.45, 7) is 4.19. The Balaban J connectivity index is 1.94. The van der Waals surface area contributed by atoms with Crippen LogP contribution in [0.3, 0.4) is 0 Å². The number of rotatable bonds is 5.